The average molecular weight is 270 g/mol. The van der Waals surface area contributed by atoms with Crippen molar-refractivity contribution < 1.29 is 14.7 Å². The summed E-state index contributed by atoms with van der Waals surface area (Å²) in [7, 11) is 0. The summed E-state index contributed by atoms with van der Waals surface area (Å²) in [5, 5.41) is 11.6. The number of aliphatic carboxylic acids is 1. The first kappa shape index (κ1) is 14.6. The molecule has 1 rings (SSSR count). The van der Waals surface area contributed by atoms with Crippen molar-refractivity contribution in [2.45, 2.75) is 33.1 Å². The summed E-state index contributed by atoms with van der Waals surface area (Å²) < 4.78 is 0. The highest BCUT2D eigenvalue weighted by Crippen LogP contribution is 2.11. The van der Waals surface area contributed by atoms with Gasteiger partial charge in [0.15, 0.2) is 0 Å². The van der Waals surface area contributed by atoms with Crippen LogP contribution in [0.2, 0.25) is 0 Å². The van der Waals surface area contributed by atoms with E-state index in [1.54, 1.807) is 0 Å². The Hall–Kier alpha value is -1.43. The summed E-state index contributed by atoms with van der Waals surface area (Å²) in [6, 6.07) is 0. The Balaban J connectivity index is 2.62. The minimum atomic E-state index is -0.982. The van der Waals surface area contributed by atoms with Crippen molar-refractivity contribution in [2.24, 2.45) is 0 Å². The average Bonchev–Trinajstić information content (AvgIpc) is 2.75. The SMILES string of the molecule is CCCN(CC(=O)O)C(=O)Cc1csc(CC)n1. The minimum absolute atomic E-state index is 0.174. The van der Waals surface area contributed by atoms with Gasteiger partial charge in [0.05, 0.1) is 17.1 Å². The van der Waals surface area contributed by atoms with Gasteiger partial charge in [-0.1, -0.05) is 13.8 Å². The van der Waals surface area contributed by atoms with Crippen molar-refractivity contribution in [3.05, 3.63) is 16.1 Å². The quantitative estimate of drug-likeness (QED) is 0.816. The molecular formula is C12H18N2O3S. The summed E-state index contributed by atoms with van der Waals surface area (Å²) in [5.41, 5.74) is 0.730. The van der Waals surface area contributed by atoms with Crippen LogP contribution in [-0.2, 0) is 22.4 Å². The largest absolute Gasteiger partial charge is 0.480 e. The van der Waals surface area contributed by atoms with Crippen molar-refractivity contribution in [1.82, 2.24) is 9.88 Å². The van der Waals surface area contributed by atoms with Gasteiger partial charge in [0.25, 0.3) is 0 Å². The number of amides is 1. The predicted octanol–water partition coefficient (Wildman–Crippen LogP) is 1.57. The van der Waals surface area contributed by atoms with Crippen LogP contribution in [-0.4, -0.2) is 40.0 Å². The lowest BCUT2D eigenvalue weighted by Gasteiger charge is -2.19. The van der Waals surface area contributed by atoms with Crippen molar-refractivity contribution >= 4 is 23.2 Å². The molecule has 1 N–H and O–H groups in total. The molecule has 0 bridgehead atoms. The molecule has 0 atom stereocenters. The van der Waals surface area contributed by atoms with Crippen LogP contribution in [0.1, 0.15) is 31.0 Å². The molecule has 1 heterocycles. The number of hydrogen-bond donors (Lipinski definition) is 1. The van der Waals surface area contributed by atoms with E-state index in [9.17, 15) is 9.59 Å². The van der Waals surface area contributed by atoms with Gasteiger partial charge in [0, 0.05) is 11.9 Å². The number of carboxylic acid groups (broad SMARTS) is 1. The Morgan fingerprint density at radius 2 is 2.17 bits per heavy atom. The molecular weight excluding hydrogens is 252 g/mol. The fraction of sp³-hybridized carbons (Fsp3) is 0.583. The van der Waals surface area contributed by atoms with Crippen molar-refractivity contribution in [1.29, 1.82) is 0 Å². The number of carboxylic acids is 1. The monoisotopic (exact) mass is 270 g/mol. The molecule has 1 aromatic rings. The highest BCUT2D eigenvalue weighted by molar-refractivity contribution is 7.09. The number of carbonyl (C=O) groups is 2. The van der Waals surface area contributed by atoms with Gasteiger partial charge in [-0.2, -0.15) is 0 Å². The molecule has 0 saturated carbocycles. The van der Waals surface area contributed by atoms with E-state index in [1.165, 1.54) is 16.2 Å². The molecule has 0 saturated heterocycles. The van der Waals surface area contributed by atoms with E-state index >= 15 is 0 Å². The zero-order valence-electron chi connectivity index (χ0n) is 10.7. The summed E-state index contributed by atoms with van der Waals surface area (Å²) in [4.78, 5) is 28.3. The van der Waals surface area contributed by atoms with E-state index in [4.69, 9.17) is 5.11 Å². The summed E-state index contributed by atoms with van der Waals surface area (Å²) in [5.74, 6) is -1.16. The Morgan fingerprint density at radius 3 is 2.67 bits per heavy atom. The minimum Gasteiger partial charge on any atom is -0.480 e. The lowest BCUT2D eigenvalue weighted by molar-refractivity contribution is -0.144. The Kier molecular flexibility index (Phi) is 5.77. The van der Waals surface area contributed by atoms with Gasteiger partial charge >= 0.3 is 5.97 Å². The van der Waals surface area contributed by atoms with Crippen LogP contribution in [0.4, 0.5) is 0 Å². The standard InChI is InChI=1S/C12H18N2O3S/c1-3-5-14(7-12(16)17)11(15)6-9-8-18-10(4-2)13-9/h8H,3-7H2,1-2H3,(H,16,17). The first-order valence-corrected chi connectivity index (χ1v) is 6.87. The van der Waals surface area contributed by atoms with Crippen molar-refractivity contribution in [3.63, 3.8) is 0 Å². The van der Waals surface area contributed by atoms with Gasteiger partial charge < -0.3 is 10.0 Å². The third-order valence-electron chi connectivity index (χ3n) is 2.41. The molecule has 0 aliphatic carbocycles. The second kappa shape index (κ2) is 7.10. The van der Waals surface area contributed by atoms with Gasteiger partial charge in [-0.3, -0.25) is 9.59 Å². The van der Waals surface area contributed by atoms with Crippen LogP contribution in [0, 0.1) is 0 Å². The van der Waals surface area contributed by atoms with Crippen LogP contribution in [0.25, 0.3) is 0 Å². The molecule has 0 spiro atoms. The molecule has 100 valence electrons. The van der Waals surface area contributed by atoms with E-state index in [0.29, 0.717) is 6.54 Å². The third-order valence-corrected chi connectivity index (χ3v) is 3.45. The number of rotatable bonds is 7. The van der Waals surface area contributed by atoms with Gasteiger partial charge in [0.2, 0.25) is 5.91 Å². The second-order valence-corrected chi connectivity index (χ2v) is 4.91. The van der Waals surface area contributed by atoms with Crippen LogP contribution in [0.15, 0.2) is 5.38 Å². The van der Waals surface area contributed by atoms with Gasteiger partial charge in [-0.25, -0.2) is 4.98 Å². The second-order valence-electron chi connectivity index (χ2n) is 3.97. The van der Waals surface area contributed by atoms with Crippen LogP contribution in [0.3, 0.4) is 0 Å². The van der Waals surface area contributed by atoms with Gasteiger partial charge in [-0.15, -0.1) is 11.3 Å². The molecule has 6 heteroatoms. The third kappa shape index (κ3) is 4.44. The van der Waals surface area contributed by atoms with Crippen LogP contribution < -0.4 is 0 Å². The molecule has 5 nitrogen and oxygen atoms in total. The van der Waals surface area contributed by atoms with Crippen molar-refractivity contribution in [3.8, 4) is 0 Å². The van der Waals surface area contributed by atoms with E-state index in [-0.39, 0.29) is 18.9 Å². The number of thiazole rings is 1. The van der Waals surface area contributed by atoms with Crippen molar-refractivity contribution in [2.75, 3.05) is 13.1 Å². The number of aryl methyl sites for hydroxylation is 1. The fourth-order valence-corrected chi connectivity index (χ4v) is 2.33. The molecule has 0 aliphatic rings. The smallest absolute Gasteiger partial charge is 0.323 e. The summed E-state index contributed by atoms with van der Waals surface area (Å²) in [6.45, 7) is 4.16. The normalized spacial score (nSPS) is 10.3. The van der Waals surface area contributed by atoms with Crippen LogP contribution >= 0.6 is 11.3 Å². The summed E-state index contributed by atoms with van der Waals surface area (Å²) in [6.07, 6.45) is 1.78. The molecule has 0 aromatic carbocycles. The molecule has 1 amide bonds. The Bertz CT molecular complexity index is 417. The Morgan fingerprint density at radius 1 is 1.44 bits per heavy atom. The maximum atomic E-state index is 12.0. The van der Waals surface area contributed by atoms with E-state index in [1.807, 2.05) is 19.2 Å². The maximum Gasteiger partial charge on any atom is 0.323 e. The highest BCUT2D eigenvalue weighted by atomic mass is 32.1. The zero-order valence-corrected chi connectivity index (χ0v) is 11.5. The predicted molar refractivity (Wildman–Crippen MR) is 69.7 cm³/mol. The zero-order chi connectivity index (χ0) is 13.5. The molecule has 0 aliphatic heterocycles. The lowest BCUT2D eigenvalue weighted by Crippen LogP contribution is -2.37. The summed E-state index contributed by atoms with van der Waals surface area (Å²) >= 11 is 1.53. The van der Waals surface area contributed by atoms with E-state index in [0.717, 1.165) is 23.5 Å². The first-order valence-electron chi connectivity index (χ1n) is 5.99. The highest BCUT2D eigenvalue weighted by Gasteiger charge is 2.17. The number of aromatic nitrogens is 1. The molecule has 0 unspecified atom stereocenters. The topological polar surface area (TPSA) is 70.5 Å². The first-order chi connectivity index (χ1) is 8.56. The van der Waals surface area contributed by atoms with Gasteiger partial charge in [-0.05, 0) is 12.8 Å². The van der Waals surface area contributed by atoms with E-state index in [2.05, 4.69) is 4.98 Å². The Labute approximate surface area is 110 Å². The molecule has 1 aromatic heterocycles. The molecule has 0 fully saturated rings. The van der Waals surface area contributed by atoms with Gasteiger partial charge in [0.1, 0.15) is 6.54 Å². The number of nitrogens with zero attached hydrogens (tertiary/aromatic N) is 2. The maximum absolute atomic E-state index is 12.0. The fourth-order valence-electron chi connectivity index (χ4n) is 1.58. The van der Waals surface area contributed by atoms with Crippen LogP contribution in [0.5, 0.6) is 0 Å². The van der Waals surface area contributed by atoms with E-state index < -0.39 is 5.97 Å². The molecule has 0 radical (unpaired) electrons. The number of carbonyl (C=O) groups excluding carboxylic acids is 1. The lowest BCUT2D eigenvalue weighted by atomic mass is 10.2. The molecule has 18 heavy (non-hydrogen) atoms. The number of hydrogen-bond acceptors (Lipinski definition) is 4.